The molecule has 96 valence electrons. The topological polar surface area (TPSA) is 42.4 Å². The van der Waals surface area contributed by atoms with Crippen molar-refractivity contribution in [3.63, 3.8) is 0 Å². The summed E-state index contributed by atoms with van der Waals surface area (Å²) in [7, 11) is 0. The molecule has 1 aliphatic rings. The zero-order chi connectivity index (χ0) is 13.4. The van der Waals surface area contributed by atoms with Crippen molar-refractivity contribution < 1.29 is 9.84 Å². The molecule has 0 bridgehead atoms. The molecule has 1 N–H and O–H groups in total. The average Bonchev–Trinajstić information content (AvgIpc) is 2.40. The van der Waals surface area contributed by atoms with Gasteiger partial charge in [0.15, 0.2) is 11.5 Å². The Morgan fingerprint density at radius 2 is 1.95 bits per heavy atom. The average molecular weight is 339 g/mol. The van der Waals surface area contributed by atoms with Crippen LogP contribution in [0.15, 0.2) is 46.9 Å². The van der Waals surface area contributed by atoms with E-state index in [1.165, 1.54) is 0 Å². The van der Waals surface area contributed by atoms with Crippen LogP contribution in [0.5, 0.6) is 5.75 Å². The number of aromatic nitrogens is 1. The summed E-state index contributed by atoms with van der Waals surface area (Å²) in [5.41, 5.74) is 1.57. The number of fused-ring (bicyclic) bond motifs is 1. The molecule has 19 heavy (non-hydrogen) atoms. The Bertz CT molecular complexity index is 668. The second kappa shape index (κ2) is 4.87. The molecule has 3 nitrogen and oxygen atoms in total. The van der Waals surface area contributed by atoms with Gasteiger partial charge in [0.25, 0.3) is 0 Å². The maximum absolute atomic E-state index is 10.1. The van der Waals surface area contributed by atoms with Gasteiger partial charge in [0, 0.05) is 28.2 Å². The van der Waals surface area contributed by atoms with Crippen LogP contribution in [0, 0.1) is 0 Å². The summed E-state index contributed by atoms with van der Waals surface area (Å²) in [6, 6.07) is 7.53. The molecule has 2 heterocycles. The predicted octanol–water partition coefficient (Wildman–Crippen LogP) is 4.36. The van der Waals surface area contributed by atoms with Crippen molar-refractivity contribution in [1.82, 2.24) is 4.98 Å². The number of hydrogen-bond donors (Lipinski definition) is 1. The molecule has 0 saturated heterocycles. The van der Waals surface area contributed by atoms with Gasteiger partial charge in [-0.25, -0.2) is 0 Å². The molecule has 1 aromatic heterocycles. The third-order valence-corrected chi connectivity index (χ3v) is 3.74. The van der Waals surface area contributed by atoms with Gasteiger partial charge in [0.1, 0.15) is 5.76 Å². The molecule has 0 aliphatic carbocycles. The Hall–Kier alpha value is -1.52. The maximum Gasteiger partial charge on any atom is 0.172 e. The van der Waals surface area contributed by atoms with Crippen LogP contribution in [-0.2, 0) is 6.42 Å². The minimum Gasteiger partial charge on any atom is -0.508 e. The first kappa shape index (κ1) is 12.5. The summed E-state index contributed by atoms with van der Waals surface area (Å²) in [6.45, 7) is 0. The predicted molar refractivity (Wildman–Crippen MR) is 77.3 cm³/mol. The van der Waals surface area contributed by atoms with Gasteiger partial charge in [0.05, 0.1) is 11.2 Å². The number of halogens is 2. The van der Waals surface area contributed by atoms with E-state index in [-0.39, 0.29) is 5.76 Å². The summed E-state index contributed by atoms with van der Waals surface area (Å²) in [5, 5.41) is 10.6. The van der Waals surface area contributed by atoms with Crippen LogP contribution in [0.1, 0.15) is 11.1 Å². The van der Waals surface area contributed by atoms with E-state index in [1.54, 1.807) is 12.4 Å². The van der Waals surface area contributed by atoms with Gasteiger partial charge in [-0.2, -0.15) is 0 Å². The zero-order valence-corrected chi connectivity index (χ0v) is 12.1. The first-order valence-corrected chi connectivity index (χ1v) is 6.80. The monoisotopic (exact) mass is 337 g/mol. The number of pyridine rings is 1. The van der Waals surface area contributed by atoms with Crippen LogP contribution in [0.3, 0.4) is 0 Å². The summed E-state index contributed by atoms with van der Waals surface area (Å²) in [5.74, 6) is 1.20. The normalized spacial score (nSPS) is 14.0. The largest absolute Gasteiger partial charge is 0.508 e. The van der Waals surface area contributed by atoms with E-state index in [0.29, 0.717) is 23.0 Å². The van der Waals surface area contributed by atoms with Gasteiger partial charge < -0.3 is 9.84 Å². The molecule has 0 amide bonds. The van der Waals surface area contributed by atoms with E-state index in [9.17, 15) is 5.11 Å². The van der Waals surface area contributed by atoms with Gasteiger partial charge in [-0.3, -0.25) is 4.98 Å². The third-order valence-electron chi connectivity index (χ3n) is 2.89. The lowest BCUT2D eigenvalue weighted by molar-refractivity contribution is 0.357. The van der Waals surface area contributed by atoms with Crippen molar-refractivity contribution >= 4 is 33.3 Å². The summed E-state index contributed by atoms with van der Waals surface area (Å²) in [6.07, 6.45) is 3.50. The highest BCUT2D eigenvalue weighted by atomic mass is 79.9. The highest BCUT2D eigenvalue weighted by Gasteiger charge is 2.22. The number of aliphatic hydroxyl groups is 1. The SMILES string of the molecule is OC1=C(c2ccc(Br)cc2)Oc2cncc(Cl)c2C1. The second-order valence-corrected chi connectivity index (χ2v) is 5.48. The number of nitrogens with zero attached hydrogens (tertiary/aromatic N) is 1. The number of ether oxygens (including phenoxy) is 1. The van der Waals surface area contributed by atoms with E-state index >= 15 is 0 Å². The Morgan fingerprint density at radius 3 is 2.68 bits per heavy atom. The van der Waals surface area contributed by atoms with Crippen molar-refractivity contribution in [3.05, 3.63) is 63.0 Å². The molecular weight excluding hydrogens is 330 g/mol. The number of rotatable bonds is 1. The molecule has 3 rings (SSSR count). The number of aliphatic hydroxyl groups excluding tert-OH is 1. The fourth-order valence-electron chi connectivity index (χ4n) is 1.95. The van der Waals surface area contributed by atoms with Crippen molar-refractivity contribution in [2.75, 3.05) is 0 Å². The fraction of sp³-hybridized carbons (Fsp3) is 0.0714. The molecule has 0 unspecified atom stereocenters. The van der Waals surface area contributed by atoms with Crippen LogP contribution in [0.2, 0.25) is 5.02 Å². The van der Waals surface area contributed by atoms with Crippen molar-refractivity contribution in [2.24, 2.45) is 0 Å². The molecule has 1 aromatic carbocycles. The Labute approximate surface area is 123 Å². The number of benzene rings is 1. The number of hydrogen-bond acceptors (Lipinski definition) is 3. The molecule has 0 fully saturated rings. The first-order valence-electron chi connectivity index (χ1n) is 5.63. The molecule has 0 spiro atoms. The van der Waals surface area contributed by atoms with E-state index in [0.717, 1.165) is 15.6 Å². The molecule has 1 aliphatic heterocycles. The Kier molecular flexibility index (Phi) is 3.21. The standard InChI is InChI=1S/C14H9BrClNO2/c15-9-3-1-8(2-4-9)14-12(18)5-10-11(16)6-17-7-13(10)19-14/h1-4,6-7,18H,5H2. The summed E-state index contributed by atoms with van der Waals surface area (Å²) in [4.78, 5) is 4.00. The molecule has 0 saturated carbocycles. The quantitative estimate of drug-likeness (QED) is 0.840. The minimum atomic E-state index is 0.169. The lowest BCUT2D eigenvalue weighted by atomic mass is 10.0. The second-order valence-electron chi connectivity index (χ2n) is 4.16. The Balaban J connectivity index is 2.03. The van der Waals surface area contributed by atoms with Crippen molar-refractivity contribution in [2.45, 2.75) is 6.42 Å². The van der Waals surface area contributed by atoms with E-state index in [4.69, 9.17) is 16.3 Å². The van der Waals surface area contributed by atoms with Crippen LogP contribution in [0.4, 0.5) is 0 Å². The number of allylic oxidation sites excluding steroid dienone is 1. The van der Waals surface area contributed by atoms with Crippen LogP contribution < -0.4 is 4.74 Å². The fourth-order valence-corrected chi connectivity index (χ4v) is 2.43. The van der Waals surface area contributed by atoms with Crippen LogP contribution in [0.25, 0.3) is 5.76 Å². The first-order chi connectivity index (χ1) is 9.15. The third kappa shape index (κ3) is 2.33. The summed E-state index contributed by atoms with van der Waals surface area (Å²) >= 11 is 9.41. The van der Waals surface area contributed by atoms with Gasteiger partial charge in [-0.1, -0.05) is 27.5 Å². The highest BCUT2D eigenvalue weighted by Crippen LogP contribution is 2.36. The van der Waals surface area contributed by atoms with Crippen LogP contribution >= 0.6 is 27.5 Å². The van der Waals surface area contributed by atoms with Crippen molar-refractivity contribution in [1.29, 1.82) is 0 Å². The van der Waals surface area contributed by atoms with E-state index in [2.05, 4.69) is 20.9 Å². The van der Waals surface area contributed by atoms with E-state index in [1.807, 2.05) is 24.3 Å². The maximum atomic E-state index is 10.1. The summed E-state index contributed by atoms with van der Waals surface area (Å²) < 4.78 is 6.69. The molecule has 0 radical (unpaired) electrons. The smallest absolute Gasteiger partial charge is 0.172 e. The molecule has 5 heteroatoms. The van der Waals surface area contributed by atoms with Crippen LogP contribution in [-0.4, -0.2) is 10.1 Å². The molecular formula is C14H9BrClNO2. The lowest BCUT2D eigenvalue weighted by Crippen LogP contribution is -2.10. The lowest BCUT2D eigenvalue weighted by Gasteiger charge is -2.21. The van der Waals surface area contributed by atoms with E-state index < -0.39 is 0 Å². The zero-order valence-electron chi connectivity index (χ0n) is 9.73. The molecule has 0 atom stereocenters. The van der Waals surface area contributed by atoms with Gasteiger partial charge in [-0.05, 0) is 24.3 Å². The highest BCUT2D eigenvalue weighted by molar-refractivity contribution is 9.10. The van der Waals surface area contributed by atoms with Gasteiger partial charge in [-0.15, -0.1) is 0 Å². The van der Waals surface area contributed by atoms with Crippen molar-refractivity contribution in [3.8, 4) is 5.75 Å². The molecule has 2 aromatic rings. The minimum absolute atomic E-state index is 0.169. The van der Waals surface area contributed by atoms with Gasteiger partial charge >= 0.3 is 0 Å². The Morgan fingerprint density at radius 1 is 1.21 bits per heavy atom. The van der Waals surface area contributed by atoms with Gasteiger partial charge in [0.2, 0.25) is 0 Å².